The molecule has 0 saturated carbocycles. The zero-order valence-corrected chi connectivity index (χ0v) is 11.9. The first-order valence-electron chi connectivity index (χ1n) is 7.16. The third-order valence-corrected chi connectivity index (χ3v) is 4.33. The van der Waals surface area contributed by atoms with Gasteiger partial charge in [0.2, 0.25) is 0 Å². The minimum Gasteiger partial charge on any atom is -0.377 e. The number of hydrogen-bond donors (Lipinski definition) is 1. The monoisotopic (exact) mass is 242 g/mol. The summed E-state index contributed by atoms with van der Waals surface area (Å²) in [6, 6.07) is 0. The van der Waals surface area contributed by atoms with Gasteiger partial charge in [0, 0.05) is 19.7 Å². The molecule has 1 aliphatic rings. The van der Waals surface area contributed by atoms with Gasteiger partial charge in [0.25, 0.3) is 0 Å². The van der Waals surface area contributed by atoms with Crippen molar-refractivity contribution in [2.75, 3.05) is 33.3 Å². The standard InChI is InChI=1S/C14H30N2O/c1-4-14(5-2,11-15)12-16(3)10-13-8-6-7-9-17-13/h13H,4-12,15H2,1-3H3. The van der Waals surface area contributed by atoms with Crippen molar-refractivity contribution in [1.29, 1.82) is 0 Å². The summed E-state index contributed by atoms with van der Waals surface area (Å²) in [5.41, 5.74) is 6.25. The van der Waals surface area contributed by atoms with Crippen molar-refractivity contribution in [2.24, 2.45) is 11.1 Å². The Balaban J connectivity index is 2.38. The predicted molar refractivity (Wildman–Crippen MR) is 73.2 cm³/mol. The maximum Gasteiger partial charge on any atom is 0.0701 e. The van der Waals surface area contributed by atoms with E-state index in [4.69, 9.17) is 10.5 Å². The van der Waals surface area contributed by atoms with E-state index in [1.807, 2.05) is 0 Å². The van der Waals surface area contributed by atoms with Gasteiger partial charge < -0.3 is 15.4 Å². The fourth-order valence-electron chi connectivity index (χ4n) is 2.76. The molecule has 1 rings (SSSR count). The lowest BCUT2D eigenvalue weighted by molar-refractivity contribution is -0.00801. The van der Waals surface area contributed by atoms with Crippen molar-refractivity contribution in [3.8, 4) is 0 Å². The normalized spacial score (nSPS) is 22.1. The molecule has 1 unspecified atom stereocenters. The molecule has 0 radical (unpaired) electrons. The second-order valence-electron chi connectivity index (χ2n) is 5.60. The Hall–Kier alpha value is -0.120. The Labute approximate surface area is 107 Å². The summed E-state index contributed by atoms with van der Waals surface area (Å²) in [7, 11) is 2.20. The molecule has 0 aromatic heterocycles. The molecule has 1 aliphatic heterocycles. The average Bonchev–Trinajstić information content (AvgIpc) is 2.37. The van der Waals surface area contributed by atoms with Gasteiger partial charge in [-0.2, -0.15) is 0 Å². The van der Waals surface area contributed by atoms with Gasteiger partial charge in [-0.05, 0) is 51.1 Å². The van der Waals surface area contributed by atoms with Crippen LogP contribution in [0.15, 0.2) is 0 Å². The largest absolute Gasteiger partial charge is 0.377 e. The van der Waals surface area contributed by atoms with Crippen molar-refractivity contribution in [1.82, 2.24) is 4.90 Å². The van der Waals surface area contributed by atoms with Gasteiger partial charge in [-0.3, -0.25) is 0 Å². The van der Waals surface area contributed by atoms with Crippen LogP contribution in [0.4, 0.5) is 0 Å². The second kappa shape index (κ2) is 7.34. The summed E-state index contributed by atoms with van der Waals surface area (Å²) >= 11 is 0. The molecule has 0 aromatic rings. The van der Waals surface area contributed by atoms with Crippen molar-refractivity contribution < 1.29 is 4.74 Å². The van der Waals surface area contributed by atoms with E-state index in [9.17, 15) is 0 Å². The molecule has 3 heteroatoms. The SMILES string of the molecule is CCC(CC)(CN)CN(C)CC1CCCCO1. The van der Waals surface area contributed by atoms with E-state index in [0.717, 1.165) is 39.1 Å². The van der Waals surface area contributed by atoms with Gasteiger partial charge in [-0.15, -0.1) is 0 Å². The molecule has 102 valence electrons. The summed E-state index contributed by atoms with van der Waals surface area (Å²) in [5, 5.41) is 0. The van der Waals surface area contributed by atoms with Gasteiger partial charge in [0.15, 0.2) is 0 Å². The second-order valence-corrected chi connectivity index (χ2v) is 5.60. The van der Waals surface area contributed by atoms with Crippen molar-refractivity contribution >= 4 is 0 Å². The molecular weight excluding hydrogens is 212 g/mol. The Kier molecular flexibility index (Phi) is 6.45. The molecule has 0 amide bonds. The molecule has 0 aromatic carbocycles. The molecule has 1 heterocycles. The van der Waals surface area contributed by atoms with E-state index >= 15 is 0 Å². The van der Waals surface area contributed by atoms with Crippen LogP contribution in [0, 0.1) is 5.41 Å². The minimum atomic E-state index is 0.295. The number of nitrogens with zero attached hydrogens (tertiary/aromatic N) is 1. The summed E-state index contributed by atoms with van der Waals surface area (Å²) < 4.78 is 5.79. The lowest BCUT2D eigenvalue weighted by atomic mass is 9.82. The van der Waals surface area contributed by atoms with E-state index in [-0.39, 0.29) is 0 Å². The summed E-state index contributed by atoms with van der Waals surface area (Å²) in [6.45, 7) is 8.39. The van der Waals surface area contributed by atoms with Gasteiger partial charge in [0.05, 0.1) is 6.10 Å². The average molecular weight is 242 g/mol. The van der Waals surface area contributed by atoms with Crippen LogP contribution in [0.2, 0.25) is 0 Å². The maximum absolute atomic E-state index is 5.95. The molecule has 3 nitrogen and oxygen atoms in total. The van der Waals surface area contributed by atoms with Crippen molar-refractivity contribution in [2.45, 2.75) is 52.1 Å². The predicted octanol–water partition coefficient (Wildman–Crippen LogP) is 2.25. The Morgan fingerprint density at radius 3 is 2.47 bits per heavy atom. The fraction of sp³-hybridized carbons (Fsp3) is 1.00. The molecule has 1 fully saturated rings. The van der Waals surface area contributed by atoms with Gasteiger partial charge in [0.1, 0.15) is 0 Å². The first-order chi connectivity index (χ1) is 8.15. The number of hydrogen-bond acceptors (Lipinski definition) is 3. The molecule has 2 N–H and O–H groups in total. The van der Waals surface area contributed by atoms with Crippen LogP contribution < -0.4 is 5.73 Å². The van der Waals surface area contributed by atoms with Crippen LogP contribution in [0.3, 0.4) is 0 Å². The zero-order valence-electron chi connectivity index (χ0n) is 11.9. The highest BCUT2D eigenvalue weighted by Gasteiger charge is 2.27. The van der Waals surface area contributed by atoms with Crippen LogP contribution in [-0.4, -0.2) is 44.3 Å². The van der Waals surface area contributed by atoms with Crippen LogP contribution in [0.25, 0.3) is 0 Å². The van der Waals surface area contributed by atoms with Crippen molar-refractivity contribution in [3.63, 3.8) is 0 Å². The van der Waals surface area contributed by atoms with Crippen LogP contribution >= 0.6 is 0 Å². The molecule has 17 heavy (non-hydrogen) atoms. The lowest BCUT2D eigenvalue weighted by Crippen LogP contribution is -2.43. The fourth-order valence-corrected chi connectivity index (χ4v) is 2.76. The van der Waals surface area contributed by atoms with E-state index in [1.165, 1.54) is 19.3 Å². The van der Waals surface area contributed by atoms with Crippen LogP contribution in [0.5, 0.6) is 0 Å². The summed E-state index contributed by atoms with van der Waals surface area (Å²) in [6.07, 6.45) is 6.54. The molecule has 0 spiro atoms. The molecule has 0 aliphatic carbocycles. The summed E-state index contributed by atoms with van der Waals surface area (Å²) in [4.78, 5) is 2.41. The number of rotatable bonds is 7. The Morgan fingerprint density at radius 2 is 2.00 bits per heavy atom. The van der Waals surface area contributed by atoms with E-state index in [2.05, 4.69) is 25.8 Å². The van der Waals surface area contributed by atoms with Crippen LogP contribution in [0.1, 0.15) is 46.0 Å². The minimum absolute atomic E-state index is 0.295. The lowest BCUT2D eigenvalue weighted by Gasteiger charge is -2.36. The molecule has 1 atom stereocenters. The molecular formula is C14H30N2O. The third kappa shape index (κ3) is 4.57. The quantitative estimate of drug-likeness (QED) is 0.744. The molecule has 1 saturated heterocycles. The highest BCUT2D eigenvalue weighted by atomic mass is 16.5. The van der Waals surface area contributed by atoms with Crippen molar-refractivity contribution in [3.05, 3.63) is 0 Å². The number of ether oxygens (including phenoxy) is 1. The first-order valence-corrected chi connectivity index (χ1v) is 7.16. The van der Waals surface area contributed by atoms with E-state index < -0.39 is 0 Å². The summed E-state index contributed by atoms with van der Waals surface area (Å²) in [5.74, 6) is 0. The van der Waals surface area contributed by atoms with E-state index in [1.54, 1.807) is 0 Å². The third-order valence-electron chi connectivity index (χ3n) is 4.33. The maximum atomic E-state index is 5.95. The highest BCUT2D eigenvalue weighted by molar-refractivity contribution is 4.81. The smallest absolute Gasteiger partial charge is 0.0701 e. The van der Waals surface area contributed by atoms with E-state index in [0.29, 0.717) is 11.5 Å². The van der Waals surface area contributed by atoms with Crippen LogP contribution in [-0.2, 0) is 4.74 Å². The molecule has 0 bridgehead atoms. The highest BCUT2D eigenvalue weighted by Crippen LogP contribution is 2.26. The number of nitrogens with two attached hydrogens (primary N) is 1. The number of likely N-dealkylation sites (N-methyl/N-ethyl adjacent to an activating group) is 1. The Morgan fingerprint density at radius 1 is 1.29 bits per heavy atom. The first kappa shape index (κ1) is 14.9. The zero-order chi connectivity index (χ0) is 12.7. The van der Waals surface area contributed by atoms with Gasteiger partial charge in [-0.1, -0.05) is 13.8 Å². The topological polar surface area (TPSA) is 38.5 Å². The Bertz CT molecular complexity index is 190. The van der Waals surface area contributed by atoms with Gasteiger partial charge >= 0.3 is 0 Å². The van der Waals surface area contributed by atoms with Gasteiger partial charge in [-0.25, -0.2) is 0 Å².